The Labute approximate surface area is 140 Å². The maximum Gasteiger partial charge on any atom is 0.262 e. The molecule has 0 atom stereocenters. The lowest BCUT2D eigenvalue weighted by atomic mass is 10.2. The Morgan fingerprint density at radius 1 is 1.08 bits per heavy atom. The van der Waals surface area contributed by atoms with E-state index in [9.17, 15) is 9.59 Å². The van der Waals surface area contributed by atoms with Gasteiger partial charge in [-0.1, -0.05) is 17.7 Å². The van der Waals surface area contributed by atoms with Crippen LogP contribution in [0.4, 0.5) is 5.69 Å². The number of aryl methyl sites for hydroxylation is 1. The summed E-state index contributed by atoms with van der Waals surface area (Å²) in [5.74, 6) is 0.117. The number of nitrogens with zero attached hydrogens (tertiary/aromatic N) is 1. The monoisotopic (exact) mass is 325 g/mol. The van der Waals surface area contributed by atoms with Crippen LogP contribution in [0.3, 0.4) is 0 Å². The van der Waals surface area contributed by atoms with Gasteiger partial charge in [0.05, 0.1) is 6.21 Å². The third kappa shape index (κ3) is 5.92. The third-order valence-electron chi connectivity index (χ3n) is 3.02. The fourth-order valence-electron chi connectivity index (χ4n) is 1.83. The van der Waals surface area contributed by atoms with Gasteiger partial charge in [0.1, 0.15) is 5.75 Å². The van der Waals surface area contributed by atoms with Gasteiger partial charge >= 0.3 is 0 Å². The summed E-state index contributed by atoms with van der Waals surface area (Å²) in [5.41, 5.74) is 4.99. The summed E-state index contributed by atoms with van der Waals surface area (Å²) in [6.45, 7) is 3.29. The highest BCUT2D eigenvalue weighted by Crippen LogP contribution is 2.12. The Morgan fingerprint density at radius 3 is 2.38 bits per heavy atom. The molecule has 0 unspecified atom stereocenters. The molecule has 2 amide bonds. The fourth-order valence-corrected chi connectivity index (χ4v) is 1.83. The number of hydrazone groups is 1. The molecular formula is C18H19N3O3. The summed E-state index contributed by atoms with van der Waals surface area (Å²) in [6.07, 6.45) is 1.52. The maximum atomic E-state index is 11.8. The topological polar surface area (TPSA) is 79.8 Å². The lowest BCUT2D eigenvalue weighted by Crippen LogP contribution is -2.20. The van der Waals surface area contributed by atoms with E-state index in [-0.39, 0.29) is 18.4 Å². The minimum Gasteiger partial charge on any atom is -0.484 e. The summed E-state index contributed by atoms with van der Waals surface area (Å²) in [7, 11) is 0. The highest BCUT2D eigenvalue weighted by atomic mass is 16.5. The Morgan fingerprint density at radius 2 is 1.75 bits per heavy atom. The number of carbonyl (C=O) groups excluding carboxylic acids is 2. The van der Waals surface area contributed by atoms with Crippen LogP contribution < -0.4 is 15.5 Å². The van der Waals surface area contributed by atoms with Crippen LogP contribution in [-0.4, -0.2) is 24.6 Å². The number of rotatable bonds is 6. The Hall–Kier alpha value is -3.15. The molecule has 0 heterocycles. The van der Waals surface area contributed by atoms with Crippen LogP contribution in [0.15, 0.2) is 53.6 Å². The Kier molecular flexibility index (Phi) is 6.08. The van der Waals surface area contributed by atoms with Gasteiger partial charge in [0.15, 0.2) is 6.61 Å². The smallest absolute Gasteiger partial charge is 0.262 e. The molecule has 0 bridgehead atoms. The van der Waals surface area contributed by atoms with Crippen molar-refractivity contribution in [2.24, 2.45) is 5.10 Å². The van der Waals surface area contributed by atoms with E-state index < -0.39 is 0 Å². The normalized spacial score (nSPS) is 10.4. The van der Waals surface area contributed by atoms with Crippen LogP contribution in [0.5, 0.6) is 5.75 Å². The van der Waals surface area contributed by atoms with Crippen LogP contribution in [0.2, 0.25) is 0 Å². The molecule has 24 heavy (non-hydrogen) atoms. The molecule has 2 N–H and O–H groups in total. The minimum absolute atomic E-state index is 0.0762. The van der Waals surface area contributed by atoms with E-state index in [0.717, 1.165) is 16.8 Å². The van der Waals surface area contributed by atoms with Gasteiger partial charge < -0.3 is 10.1 Å². The summed E-state index contributed by atoms with van der Waals surface area (Å²) in [4.78, 5) is 22.5. The summed E-state index contributed by atoms with van der Waals surface area (Å²) in [6, 6.07) is 14.6. The van der Waals surface area contributed by atoms with E-state index in [2.05, 4.69) is 15.8 Å². The van der Waals surface area contributed by atoms with Gasteiger partial charge in [-0.3, -0.25) is 9.59 Å². The number of carbonyl (C=O) groups is 2. The molecule has 0 spiro atoms. The van der Waals surface area contributed by atoms with Crippen LogP contribution >= 0.6 is 0 Å². The van der Waals surface area contributed by atoms with Crippen molar-refractivity contribution >= 4 is 23.7 Å². The van der Waals surface area contributed by atoms with Crippen LogP contribution in [0.1, 0.15) is 18.1 Å². The molecule has 0 aromatic heterocycles. The first-order chi connectivity index (χ1) is 11.5. The van der Waals surface area contributed by atoms with Crippen molar-refractivity contribution in [3.05, 3.63) is 59.7 Å². The summed E-state index contributed by atoms with van der Waals surface area (Å²) in [5, 5.41) is 6.53. The molecule has 0 saturated heterocycles. The number of hydrogen-bond acceptors (Lipinski definition) is 4. The van der Waals surface area contributed by atoms with Crippen molar-refractivity contribution < 1.29 is 14.3 Å². The van der Waals surface area contributed by atoms with E-state index in [4.69, 9.17) is 4.74 Å². The van der Waals surface area contributed by atoms with Crippen molar-refractivity contribution in [2.45, 2.75) is 13.8 Å². The maximum absolute atomic E-state index is 11.8. The van der Waals surface area contributed by atoms with Gasteiger partial charge in [-0.15, -0.1) is 0 Å². The van der Waals surface area contributed by atoms with Gasteiger partial charge in [0, 0.05) is 12.6 Å². The first-order valence-corrected chi connectivity index (χ1v) is 7.42. The average molecular weight is 325 g/mol. The van der Waals surface area contributed by atoms with Crippen LogP contribution in [0, 0.1) is 6.92 Å². The number of hydrogen-bond donors (Lipinski definition) is 2. The Balaban J connectivity index is 1.81. The highest BCUT2D eigenvalue weighted by Gasteiger charge is 2.03. The zero-order valence-electron chi connectivity index (χ0n) is 13.6. The van der Waals surface area contributed by atoms with E-state index in [1.165, 1.54) is 13.1 Å². The van der Waals surface area contributed by atoms with Crippen molar-refractivity contribution in [1.29, 1.82) is 0 Å². The number of amides is 2. The molecule has 2 aromatic carbocycles. The predicted octanol–water partition coefficient (Wildman–Crippen LogP) is 2.48. The summed E-state index contributed by atoms with van der Waals surface area (Å²) >= 11 is 0. The molecule has 124 valence electrons. The summed E-state index contributed by atoms with van der Waals surface area (Å²) < 4.78 is 5.44. The third-order valence-corrected chi connectivity index (χ3v) is 3.02. The standard InChI is InChI=1S/C18H19N3O3/c1-13-3-7-16(8-4-13)20-18(23)12-24-17-9-5-15(6-10-17)11-19-21-14(2)22/h3-11H,12H2,1-2H3,(H,20,23)(H,21,22)/b19-11+. The first-order valence-electron chi connectivity index (χ1n) is 7.42. The second-order valence-electron chi connectivity index (χ2n) is 5.20. The molecule has 0 fully saturated rings. The van der Waals surface area contributed by atoms with Crippen molar-refractivity contribution in [3.8, 4) is 5.75 Å². The van der Waals surface area contributed by atoms with Crippen molar-refractivity contribution in [3.63, 3.8) is 0 Å². The van der Waals surface area contributed by atoms with Crippen LogP contribution in [-0.2, 0) is 9.59 Å². The molecule has 0 aliphatic rings. The minimum atomic E-state index is -0.231. The SMILES string of the molecule is CC(=O)N/N=C/c1ccc(OCC(=O)Nc2ccc(C)cc2)cc1. The largest absolute Gasteiger partial charge is 0.484 e. The molecule has 6 nitrogen and oxygen atoms in total. The van der Waals surface area contributed by atoms with Gasteiger partial charge in [-0.05, 0) is 48.9 Å². The van der Waals surface area contributed by atoms with Crippen LogP contribution in [0.25, 0.3) is 0 Å². The molecular weight excluding hydrogens is 306 g/mol. The average Bonchev–Trinajstić information content (AvgIpc) is 2.56. The van der Waals surface area contributed by atoms with E-state index in [1.54, 1.807) is 24.3 Å². The number of benzene rings is 2. The zero-order valence-corrected chi connectivity index (χ0v) is 13.6. The lowest BCUT2D eigenvalue weighted by molar-refractivity contribution is -0.119. The Bertz CT molecular complexity index is 722. The van der Waals surface area contributed by atoms with Crippen molar-refractivity contribution in [1.82, 2.24) is 5.43 Å². The quantitative estimate of drug-likeness (QED) is 0.632. The molecule has 0 aliphatic heterocycles. The molecule has 2 rings (SSSR count). The van der Waals surface area contributed by atoms with Gasteiger partial charge in [0.25, 0.3) is 5.91 Å². The first kappa shape index (κ1) is 17.2. The predicted molar refractivity (Wildman–Crippen MR) is 93.2 cm³/mol. The second kappa shape index (κ2) is 8.47. The molecule has 0 saturated carbocycles. The fraction of sp³-hybridized carbons (Fsp3) is 0.167. The van der Waals surface area contributed by atoms with E-state index in [1.807, 2.05) is 31.2 Å². The molecule has 0 radical (unpaired) electrons. The zero-order chi connectivity index (χ0) is 17.4. The van der Waals surface area contributed by atoms with Gasteiger partial charge in [-0.25, -0.2) is 5.43 Å². The van der Waals surface area contributed by atoms with Crippen molar-refractivity contribution in [2.75, 3.05) is 11.9 Å². The number of anilines is 1. The van der Waals surface area contributed by atoms with Gasteiger partial charge in [-0.2, -0.15) is 5.10 Å². The second-order valence-corrected chi connectivity index (χ2v) is 5.20. The number of nitrogens with one attached hydrogen (secondary N) is 2. The molecule has 0 aliphatic carbocycles. The van der Waals surface area contributed by atoms with Gasteiger partial charge in [0.2, 0.25) is 5.91 Å². The highest BCUT2D eigenvalue weighted by molar-refractivity contribution is 5.91. The van der Waals surface area contributed by atoms with E-state index >= 15 is 0 Å². The molecule has 2 aromatic rings. The number of ether oxygens (including phenoxy) is 1. The lowest BCUT2D eigenvalue weighted by Gasteiger charge is -2.08. The molecule has 6 heteroatoms. The van der Waals surface area contributed by atoms with E-state index in [0.29, 0.717) is 5.75 Å².